The first kappa shape index (κ1) is 14.9. The van der Waals surface area contributed by atoms with Gasteiger partial charge in [0, 0.05) is 11.6 Å². The fourth-order valence-corrected chi connectivity index (χ4v) is 2.42. The molecular formula is C15H27N3. The Morgan fingerprint density at radius 1 is 1.11 bits per heavy atom. The van der Waals surface area contributed by atoms with Gasteiger partial charge in [-0.1, -0.05) is 52.9 Å². The van der Waals surface area contributed by atoms with Crippen molar-refractivity contribution in [3.05, 3.63) is 18.0 Å². The van der Waals surface area contributed by atoms with E-state index < -0.39 is 0 Å². The van der Waals surface area contributed by atoms with Crippen LogP contribution >= 0.6 is 0 Å². The second-order valence-electron chi connectivity index (χ2n) is 5.42. The van der Waals surface area contributed by atoms with E-state index >= 15 is 0 Å². The average molecular weight is 249 g/mol. The molecule has 0 radical (unpaired) electrons. The summed E-state index contributed by atoms with van der Waals surface area (Å²) in [6, 6.07) is 2.03. The largest absolute Gasteiger partial charge is 0.368 e. The van der Waals surface area contributed by atoms with Gasteiger partial charge in [-0.05, 0) is 18.9 Å². The van der Waals surface area contributed by atoms with E-state index in [0.29, 0.717) is 5.95 Å². The van der Waals surface area contributed by atoms with Crippen LogP contribution in [0.25, 0.3) is 0 Å². The molecule has 1 aromatic heterocycles. The Bertz CT molecular complexity index is 351. The molecule has 1 rings (SSSR count). The fourth-order valence-electron chi connectivity index (χ4n) is 2.42. The van der Waals surface area contributed by atoms with E-state index in [0.717, 1.165) is 5.69 Å². The summed E-state index contributed by atoms with van der Waals surface area (Å²) in [7, 11) is 0. The maximum Gasteiger partial charge on any atom is 0.220 e. The highest BCUT2D eigenvalue weighted by Crippen LogP contribution is 2.33. The van der Waals surface area contributed by atoms with E-state index in [4.69, 9.17) is 5.73 Å². The zero-order valence-corrected chi connectivity index (χ0v) is 12.1. The zero-order chi connectivity index (χ0) is 13.4. The third-order valence-electron chi connectivity index (χ3n) is 3.71. The van der Waals surface area contributed by atoms with Crippen molar-refractivity contribution in [1.29, 1.82) is 0 Å². The number of anilines is 1. The van der Waals surface area contributed by atoms with Gasteiger partial charge >= 0.3 is 0 Å². The van der Waals surface area contributed by atoms with Crippen molar-refractivity contribution < 1.29 is 0 Å². The van der Waals surface area contributed by atoms with Crippen LogP contribution in [0.15, 0.2) is 12.3 Å². The van der Waals surface area contributed by atoms with Crippen LogP contribution in [0.3, 0.4) is 0 Å². The molecule has 0 saturated carbocycles. The smallest absolute Gasteiger partial charge is 0.220 e. The first-order valence-electron chi connectivity index (χ1n) is 7.21. The van der Waals surface area contributed by atoms with Gasteiger partial charge in [-0.3, -0.25) is 0 Å². The molecule has 0 aliphatic heterocycles. The lowest BCUT2D eigenvalue weighted by molar-refractivity contribution is 0.361. The molecule has 0 aliphatic carbocycles. The van der Waals surface area contributed by atoms with Crippen molar-refractivity contribution in [3.63, 3.8) is 0 Å². The van der Waals surface area contributed by atoms with Gasteiger partial charge in [0.15, 0.2) is 0 Å². The number of rotatable bonds is 8. The Labute approximate surface area is 111 Å². The lowest BCUT2D eigenvalue weighted by Gasteiger charge is -2.29. The van der Waals surface area contributed by atoms with Gasteiger partial charge in [0.2, 0.25) is 5.95 Å². The highest BCUT2D eigenvalue weighted by Gasteiger charge is 2.27. The third kappa shape index (κ3) is 4.28. The quantitative estimate of drug-likeness (QED) is 0.706. The molecule has 0 bridgehead atoms. The lowest BCUT2D eigenvalue weighted by Crippen LogP contribution is -2.24. The summed E-state index contributed by atoms with van der Waals surface area (Å²) >= 11 is 0. The molecule has 2 N–H and O–H groups in total. The predicted molar refractivity (Wildman–Crippen MR) is 77.5 cm³/mol. The zero-order valence-electron chi connectivity index (χ0n) is 12.1. The molecule has 0 fully saturated rings. The number of hydrogen-bond donors (Lipinski definition) is 1. The number of aromatic nitrogens is 2. The predicted octanol–water partition coefficient (Wildman–Crippen LogP) is 4.09. The number of hydrogen-bond acceptors (Lipinski definition) is 3. The molecule has 1 unspecified atom stereocenters. The van der Waals surface area contributed by atoms with Crippen LogP contribution in [0.1, 0.15) is 71.4 Å². The summed E-state index contributed by atoms with van der Waals surface area (Å²) < 4.78 is 0. The summed E-state index contributed by atoms with van der Waals surface area (Å²) in [6.45, 7) is 6.80. The highest BCUT2D eigenvalue weighted by atomic mass is 15.0. The number of nitrogen functional groups attached to an aromatic ring is 1. The summed E-state index contributed by atoms with van der Waals surface area (Å²) in [5.41, 5.74) is 6.98. The molecule has 102 valence electrons. The Morgan fingerprint density at radius 2 is 1.78 bits per heavy atom. The molecule has 3 nitrogen and oxygen atoms in total. The Balaban J connectivity index is 2.81. The maximum atomic E-state index is 5.72. The Hall–Kier alpha value is -1.12. The van der Waals surface area contributed by atoms with Gasteiger partial charge in [0.25, 0.3) is 0 Å². The minimum Gasteiger partial charge on any atom is -0.368 e. The number of nitrogens with zero attached hydrogens (tertiary/aromatic N) is 2. The van der Waals surface area contributed by atoms with Gasteiger partial charge in [0.1, 0.15) is 0 Å². The van der Waals surface area contributed by atoms with Gasteiger partial charge in [0.05, 0.1) is 5.69 Å². The molecule has 0 spiro atoms. The molecule has 1 heterocycles. The third-order valence-corrected chi connectivity index (χ3v) is 3.71. The van der Waals surface area contributed by atoms with Crippen LogP contribution in [0, 0.1) is 0 Å². The summed E-state index contributed by atoms with van der Waals surface area (Å²) in [5.74, 6) is 0.394. The number of nitrogens with two attached hydrogens (primary N) is 1. The standard InChI is InChI=1S/C15H27N3/c1-4-6-8-11-15(3,10-7-5-2)13-9-12-17-14(16)18-13/h9,12H,4-8,10-11H2,1-3H3,(H2,16,17,18). The van der Waals surface area contributed by atoms with E-state index in [1.54, 1.807) is 6.20 Å². The first-order chi connectivity index (χ1) is 8.62. The van der Waals surface area contributed by atoms with Crippen LogP contribution in [-0.2, 0) is 5.41 Å². The monoisotopic (exact) mass is 249 g/mol. The lowest BCUT2D eigenvalue weighted by atomic mass is 9.77. The first-order valence-corrected chi connectivity index (χ1v) is 7.21. The molecule has 0 aromatic carbocycles. The van der Waals surface area contributed by atoms with Crippen LogP contribution in [0.5, 0.6) is 0 Å². The van der Waals surface area contributed by atoms with Crippen molar-refractivity contribution >= 4 is 5.95 Å². The van der Waals surface area contributed by atoms with Crippen LogP contribution in [0.4, 0.5) is 5.95 Å². The summed E-state index contributed by atoms with van der Waals surface area (Å²) in [4.78, 5) is 8.44. The average Bonchev–Trinajstić information content (AvgIpc) is 2.37. The minimum absolute atomic E-state index is 0.155. The summed E-state index contributed by atoms with van der Waals surface area (Å²) in [5, 5.41) is 0. The van der Waals surface area contributed by atoms with Gasteiger partial charge < -0.3 is 5.73 Å². The number of unbranched alkanes of at least 4 members (excludes halogenated alkanes) is 3. The van der Waals surface area contributed by atoms with Crippen molar-refractivity contribution in [2.24, 2.45) is 0 Å². The summed E-state index contributed by atoms with van der Waals surface area (Å²) in [6.07, 6.45) is 10.4. The molecule has 1 atom stereocenters. The van der Waals surface area contributed by atoms with E-state index in [-0.39, 0.29) is 5.41 Å². The Kier molecular flexibility index (Phi) is 6.10. The van der Waals surface area contributed by atoms with Crippen molar-refractivity contribution in [1.82, 2.24) is 9.97 Å². The molecule has 1 aromatic rings. The van der Waals surface area contributed by atoms with Crippen molar-refractivity contribution in [2.45, 2.75) is 71.1 Å². The van der Waals surface area contributed by atoms with Gasteiger partial charge in [-0.2, -0.15) is 0 Å². The Morgan fingerprint density at radius 3 is 2.39 bits per heavy atom. The van der Waals surface area contributed by atoms with Gasteiger partial charge in [-0.25, -0.2) is 9.97 Å². The molecule has 3 heteroatoms. The van der Waals surface area contributed by atoms with Crippen LogP contribution < -0.4 is 5.73 Å². The van der Waals surface area contributed by atoms with Crippen LogP contribution in [0.2, 0.25) is 0 Å². The molecule has 0 amide bonds. The van der Waals surface area contributed by atoms with Crippen molar-refractivity contribution in [2.75, 3.05) is 5.73 Å². The molecule has 0 saturated heterocycles. The molecule has 18 heavy (non-hydrogen) atoms. The molecule has 0 aliphatic rings. The normalized spacial score (nSPS) is 14.4. The maximum absolute atomic E-state index is 5.72. The second kappa shape index (κ2) is 7.34. The van der Waals surface area contributed by atoms with E-state index in [1.165, 1.54) is 44.9 Å². The fraction of sp³-hybridized carbons (Fsp3) is 0.733. The van der Waals surface area contributed by atoms with Crippen molar-refractivity contribution in [3.8, 4) is 0 Å². The van der Waals surface area contributed by atoms with E-state index in [9.17, 15) is 0 Å². The second-order valence-corrected chi connectivity index (χ2v) is 5.42. The minimum atomic E-state index is 0.155. The van der Waals surface area contributed by atoms with Gasteiger partial charge in [-0.15, -0.1) is 0 Å². The highest BCUT2D eigenvalue weighted by molar-refractivity contribution is 5.23. The molecular weight excluding hydrogens is 222 g/mol. The topological polar surface area (TPSA) is 51.8 Å². The van der Waals surface area contributed by atoms with E-state index in [1.807, 2.05) is 6.07 Å². The van der Waals surface area contributed by atoms with Crippen LogP contribution in [-0.4, -0.2) is 9.97 Å². The SMILES string of the molecule is CCCCCC(C)(CCCC)c1ccnc(N)n1. The van der Waals surface area contributed by atoms with E-state index in [2.05, 4.69) is 30.7 Å².